The fraction of sp³-hybridized carbons (Fsp3) is 0.789. The fourth-order valence-corrected chi connectivity index (χ4v) is 4.80. The Labute approximate surface area is 125 Å². The molecule has 0 aromatic rings. The van der Waals surface area contributed by atoms with Crippen molar-refractivity contribution in [2.75, 3.05) is 20.6 Å². The first-order valence-corrected chi connectivity index (χ1v) is 8.74. The first kappa shape index (κ1) is 14.4. The molecule has 3 aliphatic carbocycles. The molecular weight excluding hydrogens is 242 g/mol. The van der Waals surface area contributed by atoms with Crippen LogP contribution in [0.25, 0.3) is 0 Å². The Hall–Kier alpha value is -0.560. The van der Waals surface area contributed by atoms with Crippen LogP contribution in [0, 0.1) is 17.8 Å². The summed E-state index contributed by atoms with van der Waals surface area (Å²) in [6.07, 6.45) is 17.6. The molecule has 0 aromatic heterocycles. The highest BCUT2D eigenvalue weighted by molar-refractivity contribution is 5.29. The van der Waals surface area contributed by atoms with Crippen LogP contribution >= 0.6 is 0 Å². The van der Waals surface area contributed by atoms with Crippen molar-refractivity contribution in [3.05, 3.63) is 23.3 Å². The average molecular weight is 273 g/mol. The van der Waals surface area contributed by atoms with Gasteiger partial charge >= 0.3 is 0 Å². The van der Waals surface area contributed by atoms with Crippen molar-refractivity contribution in [3.8, 4) is 0 Å². The lowest BCUT2D eigenvalue weighted by Crippen LogP contribution is -2.30. The Morgan fingerprint density at radius 1 is 1.10 bits per heavy atom. The van der Waals surface area contributed by atoms with Gasteiger partial charge in [-0.3, -0.25) is 0 Å². The Kier molecular flexibility index (Phi) is 4.65. The molecule has 0 heterocycles. The summed E-state index contributed by atoms with van der Waals surface area (Å²) < 4.78 is 0. The van der Waals surface area contributed by atoms with Gasteiger partial charge in [-0.25, -0.2) is 0 Å². The van der Waals surface area contributed by atoms with Crippen LogP contribution in [0.3, 0.4) is 0 Å². The second-order valence-electron chi connectivity index (χ2n) is 7.54. The molecule has 0 saturated heterocycles. The van der Waals surface area contributed by atoms with Crippen molar-refractivity contribution >= 4 is 0 Å². The molecular formula is C19H31N. The zero-order chi connectivity index (χ0) is 13.9. The Morgan fingerprint density at radius 2 is 1.95 bits per heavy atom. The van der Waals surface area contributed by atoms with E-state index in [1.807, 2.05) is 11.1 Å². The van der Waals surface area contributed by atoms with E-state index in [0.29, 0.717) is 0 Å². The molecule has 1 heteroatoms. The standard InChI is InChI=1S/C19H31N/c1-20(2)13-5-6-15-9-10-17-12-11-16-7-3-4-8-18(16)19(17)14-15/h3-4,15,17,19H,5-14H2,1-2H3. The molecule has 3 rings (SSSR count). The van der Waals surface area contributed by atoms with E-state index >= 15 is 0 Å². The second-order valence-corrected chi connectivity index (χ2v) is 7.54. The van der Waals surface area contributed by atoms with Crippen molar-refractivity contribution in [2.24, 2.45) is 17.8 Å². The lowest BCUT2D eigenvalue weighted by atomic mass is 9.63. The van der Waals surface area contributed by atoms with Crippen LogP contribution in [0.5, 0.6) is 0 Å². The molecule has 0 bridgehead atoms. The molecule has 3 atom stereocenters. The zero-order valence-corrected chi connectivity index (χ0v) is 13.4. The van der Waals surface area contributed by atoms with Gasteiger partial charge in [0.2, 0.25) is 0 Å². The quantitative estimate of drug-likeness (QED) is 0.665. The number of allylic oxidation sites excluding steroid dienone is 4. The summed E-state index contributed by atoms with van der Waals surface area (Å²) in [5.41, 5.74) is 3.70. The average Bonchev–Trinajstić information content (AvgIpc) is 2.47. The second kappa shape index (κ2) is 6.47. The van der Waals surface area contributed by atoms with Crippen molar-refractivity contribution in [1.82, 2.24) is 4.90 Å². The van der Waals surface area contributed by atoms with Crippen LogP contribution in [0.1, 0.15) is 57.8 Å². The van der Waals surface area contributed by atoms with Gasteiger partial charge in [-0.05, 0) is 89.8 Å². The summed E-state index contributed by atoms with van der Waals surface area (Å²) in [5, 5.41) is 0. The van der Waals surface area contributed by atoms with Gasteiger partial charge in [-0.1, -0.05) is 29.7 Å². The van der Waals surface area contributed by atoms with E-state index < -0.39 is 0 Å². The maximum atomic E-state index is 2.43. The predicted octanol–water partition coefficient (Wildman–Crippen LogP) is 4.80. The van der Waals surface area contributed by atoms with Crippen molar-refractivity contribution in [2.45, 2.75) is 57.8 Å². The number of hydrogen-bond donors (Lipinski definition) is 0. The molecule has 1 nitrogen and oxygen atoms in total. The van der Waals surface area contributed by atoms with Gasteiger partial charge in [0.05, 0.1) is 0 Å². The molecule has 1 saturated carbocycles. The highest BCUT2D eigenvalue weighted by Gasteiger charge is 2.36. The molecule has 0 radical (unpaired) electrons. The van der Waals surface area contributed by atoms with Gasteiger partial charge < -0.3 is 4.90 Å². The number of nitrogens with zero attached hydrogens (tertiary/aromatic N) is 1. The normalized spacial score (nSPS) is 33.2. The van der Waals surface area contributed by atoms with Crippen LogP contribution in [0.4, 0.5) is 0 Å². The van der Waals surface area contributed by atoms with E-state index in [1.165, 1.54) is 64.3 Å². The number of fused-ring (bicyclic) bond motifs is 2. The summed E-state index contributed by atoms with van der Waals surface area (Å²) in [6.45, 7) is 1.27. The maximum Gasteiger partial charge on any atom is -0.00247 e. The van der Waals surface area contributed by atoms with Gasteiger partial charge in [-0.15, -0.1) is 0 Å². The van der Waals surface area contributed by atoms with Crippen molar-refractivity contribution in [1.29, 1.82) is 0 Å². The Morgan fingerprint density at radius 3 is 2.80 bits per heavy atom. The smallest absolute Gasteiger partial charge is 0.00247 e. The third-order valence-electron chi connectivity index (χ3n) is 5.91. The molecule has 0 spiro atoms. The summed E-state index contributed by atoms with van der Waals surface area (Å²) in [7, 11) is 4.40. The van der Waals surface area contributed by atoms with Gasteiger partial charge in [0, 0.05) is 0 Å². The molecule has 0 aromatic carbocycles. The molecule has 112 valence electrons. The molecule has 0 N–H and O–H groups in total. The summed E-state index contributed by atoms with van der Waals surface area (Å²) in [5.74, 6) is 3.00. The molecule has 0 aliphatic heterocycles. The van der Waals surface area contributed by atoms with Crippen LogP contribution in [-0.2, 0) is 0 Å². The third-order valence-corrected chi connectivity index (χ3v) is 5.91. The molecule has 3 aliphatic rings. The van der Waals surface area contributed by atoms with Crippen LogP contribution in [0.15, 0.2) is 23.3 Å². The van der Waals surface area contributed by atoms with Gasteiger partial charge in [0.1, 0.15) is 0 Å². The molecule has 1 fully saturated rings. The molecule has 3 unspecified atom stereocenters. The summed E-state index contributed by atoms with van der Waals surface area (Å²) in [4.78, 5) is 2.33. The minimum Gasteiger partial charge on any atom is -0.309 e. The molecule has 20 heavy (non-hydrogen) atoms. The Bertz CT molecular complexity index is 391. The van der Waals surface area contributed by atoms with E-state index in [9.17, 15) is 0 Å². The summed E-state index contributed by atoms with van der Waals surface area (Å²) in [6, 6.07) is 0. The fourth-order valence-electron chi connectivity index (χ4n) is 4.80. The van der Waals surface area contributed by atoms with E-state index in [2.05, 4.69) is 31.1 Å². The van der Waals surface area contributed by atoms with Gasteiger partial charge in [-0.2, -0.15) is 0 Å². The highest BCUT2D eigenvalue weighted by Crippen LogP contribution is 2.49. The monoisotopic (exact) mass is 273 g/mol. The van der Waals surface area contributed by atoms with E-state index in [4.69, 9.17) is 0 Å². The zero-order valence-electron chi connectivity index (χ0n) is 13.4. The van der Waals surface area contributed by atoms with E-state index in [-0.39, 0.29) is 0 Å². The minimum atomic E-state index is 0.960. The summed E-state index contributed by atoms with van der Waals surface area (Å²) >= 11 is 0. The van der Waals surface area contributed by atoms with Gasteiger partial charge in [0.25, 0.3) is 0 Å². The number of hydrogen-bond acceptors (Lipinski definition) is 1. The Balaban J connectivity index is 1.59. The lowest BCUT2D eigenvalue weighted by Gasteiger charge is -2.42. The largest absolute Gasteiger partial charge is 0.309 e. The van der Waals surface area contributed by atoms with Gasteiger partial charge in [0.15, 0.2) is 0 Å². The third kappa shape index (κ3) is 3.19. The number of rotatable bonds is 4. The SMILES string of the molecule is CN(C)CCCC1CCC2CCC3=C(CC=CC3)C2C1. The van der Waals surface area contributed by atoms with Crippen LogP contribution in [0.2, 0.25) is 0 Å². The van der Waals surface area contributed by atoms with Crippen molar-refractivity contribution < 1.29 is 0 Å². The van der Waals surface area contributed by atoms with Crippen LogP contribution in [-0.4, -0.2) is 25.5 Å². The topological polar surface area (TPSA) is 3.24 Å². The van der Waals surface area contributed by atoms with Crippen molar-refractivity contribution in [3.63, 3.8) is 0 Å². The molecule has 0 amide bonds. The predicted molar refractivity (Wildman–Crippen MR) is 86.7 cm³/mol. The highest BCUT2D eigenvalue weighted by atomic mass is 15.0. The first-order chi connectivity index (χ1) is 9.74. The van der Waals surface area contributed by atoms with E-state index in [0.717, 1.165) is 17.8 Å². The lowest BCUT2D eigenvalue weighted by molar-refractivity contribution is 0.172. The van der Waals surface area contributed by atoms with Crippen LogP contribution < -0.4 is 0 Å². The van der Waals surface area contributed by atoms with E-state index in [1.54, 1.807) is 0 Å². The maximum absolute atomic E-state index is 2.43. The first-order valence-electron chi connectivity index (χ1n) is 8.74. The minimum absolute atomic E-state index is 0.960.